The fourth-order valence-electron chi connectivity index (χ4n) is 3.51. The first-order valence-corrected chi connectivity index (χ1v) is 9.70. The molecular weight excluding hydrogens is 520 g/mol. The Hall–Kier alpha value is -2.30. The van der Waals surface area contributed by atoms with Crippen LogP contribution in [0, 0.1) is 0 Å². The first-order valence-electron chi connectivity index (χ1n) is 9.70. The number of fused-ring (bicyclic) bond motifs is 1. The average Bonchev–Trinajstić information content (AvgIpc) is 2.73. The van der Waals surface area contributed by atoms with Crippen molar-refractivity contribution in [1.82, 2.24) is 15.1 Å². The Morgan fingerprint density at radius 2 is 1.77 bits per heavy atom. The van der Waals surface area contributed by atoms with Crippen LogP contribution in [0.15, 0.2) is 53.5 Å². The molecular formula is C22H26F3IN4O. The molecule has 2 aromatic carbocycles. The van der Waals surface area contributed by atoms with Gasteiger partial charge < -0.3 is 15.1 Å². The van der Waals surface area contributed by atoms with Crippen LogP contribution in [0.25, 0.3) is 0 Å². The van der Waals surface area contributed by atoms with Crippen molar-refractivity contribution in [2.45, 2.75) is 25.7 Å². The number of amides is 1. The summed E-state index contributed by atoms with van der Waals surface area (Å²) in [4.78, 5) is 20.4. The molecule has 0 fully saturated rings. The molecule has 2 aromatic rings. The van der Waals surface area contributed by atoms with Gasteiger partial charge in [-0.15, -0.1) is 24.0 Å². The molecule has 1 aliphatic rings. The van der Waals surface area contributed by atoms with E-state index in [1.54, 1.807) is 19.0 Å². The summed E-state index contributed by atoms with van der Waals surface area (Å²) < 4.78 is 38.1. The number of halogens is 4. The summed E-state index contributed by atoms with van der Waals surface area (Å²) in [6, 6.07) is 13.1. The van der Waals surface area contributed by atoms with Gasteiger partial charge in [0.1, 0.15) is 0 Å². The van der Waals surface area contributed by atoms with E-state index >= 15 is 0 Å². The lowest BCUT2D eigenvalue weighted by atomic mass is 10.00. The summed E-state index contributed by atoms with van der Waals surface area (Å²) in [6.07, 6.45) is -3.51. The van der Waals surface area contributed by atoms with E-state index in [1.165, 1.54) is 23.3 Å². The van der Waals surface area contributed by atoms with Crippen molar-refractivity contribution in [2.75, 3.05) is 27.2 Å². The lowest BCUT2D eigenvalue weighted by Gasteiger charge is -2.29. The van der Waals surface area contributed by atoms with Crippen molar-refractivity contribution in [3.8, 4) is 0 Å². The third-order valence-electron chi connectivity index (χ3n) is 5.16. The summed E-state index contributed by atoms with van der Waals surface area (Å²) >= 11 is 0. The number of carbonyl (C=O) groups excluding carboxylic acids is 1. The smallest absolute Gasteiger partial charge is 0.347 e. The zero-order chi connectivity index (χ0) is 21.7. The van der Waals surface area contributed by atoms with Crippen molar-refractivity contribution in [3.63, 3.8) is 0 Å². The van der Waals surface area contributed by atoms with Gasteiger partial charge in [0.25, 0.3) is 0 Å². The van der Waals surface area contributed by atoms with Gasteiger partial charge >= 0.3 is 6.18 Å². The number of guanidine groups is 1. The minimum Gasteiger partial charge on any atom is -0.347 e. The molecule has 0 aromatic heterocycles. The highest BCUT2D eigenvalue weighted by Crippen LogP contribution is 2.29. The molecule has 0 aliphatic carbocycles. The number of carbonyl (C=O) groups is 1. The largest absolute Gasteiger partial charge is 0.416 e. The molecule has 9 heteroatoms. The number of aliphatic imine (C=N–C) groups is 1. The maximum Gasteiger partial charge on any atom is 0.416 e. The zero-order valence-corrected chi connectivity index (χ0v) is 19.8. The first-order chi connectivity index (χ1) is 14.3. The molecule has 0 radical (unpaired) electrons. The molecule has 1 heterocycles. The molecule has 0 unspecified atom stereocenters. The van der Waals surface area contributed by atoms with Crippen LogP contribution in [-0.2, 0) is 30.5 Å². The monoisotopic (exact) mass is 546 g/mol. The van der Waals surface area contributed by atoms with E-state index in [9.17, 15) is 18.0 Å². The predicted molar refractivity (Wildman–Crippen MR) is 125 cm³/mol. The van der Waals surface area contributed by atoms with E-state index in [-0.39, 0.29) is 36.4 Å². The third kappa shape index (κ3) is 6.59. The summed E-state index contributed by atoms with van der Waals surface area (Å²) in [5, 5.41) is 3.05. The van der Waals surface area contributed by atoms with Crippen LogP contribution in [0.1, 0.15) is 22.3 Å². The van der Waals surface area contributed by atoms with Crippen LogP contribution >= 0.6 is 24.0 Å². The molecule has 0 atom stereocenters. The van der Waals surface area contributed by atoms with Crippen LogP contribution < -0.4 is 5.32 Å². The fraction of sp³-hybridized carbons (Fsp3) is 0.364. The molecule has 1 amide bonds. The minimum absolute atomic E-state index is 0. The van der Waals surface area contributed by atoms with Gasteiger partial charge in [-0.1, -0.05) is 36.4 Å². The standard InChI is InChI=1S/C22H25F3N4O.HI/c1-26-21(28(2)14-16-7-9-19(10-8-16)22(23,24)25)27-13-20(30)29-12-11-17-5-3-4-6-18(17)15-29;/h3-10H,11-15H2,1-2H3,(H,26,27);1H. The Bertz CT molecular complexity index is 916. The lowest BCUT2D eigenvalue weighted by Crippen LogP contribution is -2.46. The first kappa shape index (κ1) is 25.0. The number of nitrogens with one attached hydrogen (secondary N) is 1. The topological polar surface area (TPSA) is 47.9 Å². The SMILES string of the molecule is CN=C(NCC(=O)N1CCc2ccccc2C1)N(C)Cc1ccc(C(F)(F)F)cc1.I. The summed E-state index contributed by atoms with van der Waals surface area (Å²) in [5.41, 5.74) is 2.49. The highest BCUT2D eigenvalue weighted by atomic mass is 127. The van der Waals surface area contributed by atoms with Crippen LogP contribution in [0.2, 0.25) is 0 Å². The average molecular weight is 546 g/mol. The van der Waals surface area contributed by atoms with Gasteiger partial charge in [0.05, 0.1) is 12.1 Å². The second-order valence-electron chi connectivity index (χ2n) is 7.29. The van der Waals surface area contributed by atoms with Crippen molar-refractivity contribution in [2.24, 2.45) is 4.99 Å². The molecule has 31 heavy (non-hydrogen) atoms. The van der Waals surface area contributed by atoms with Crippen LogP contribution in [0.4, 0.5) is 13.2 Å². The molecule has 0 spiro atoms. The Morgan fingerprint density at radius 1 is 1.13 bits per heavy atom. The van der Waals surface area contributed by atoms with Crippen LogP contribution in [0.5, 0.6) is 0 Å². The maximum absolute atomic E-state index is 12.7. The van der Waals surface area contributed by atoms with E-state index < -0.39 is 11.7 Å². The fourth-order valence-corrected chi connectivity index (χ4v) is 3.51. The molecule has 1 N–H and O–H groups in total. The van der Waals surface area contributed by atoms with Gasteiger partial charge in [0.2, 0.25) is 5.91 Å². The molecule has 3 rings (SSSR count). The van der Waals surface area contributed by atoms with Gasteiger partial charge in [-0.3, -0.25) is 9.79 Å². The molecule has 1 aliphatic heterocycles. The van der Waals surface area contributed by atoms with Gasteiger partial charge in [-0.25, -0.2) is 0 Å². The molecule has 0 saturated carbocycles. The second kappa shape index (κ2) is 10.8. The lowest BCUT2D eigenvalue weighted by molar-refractivity contribution is -0.137. The third-order valence-corrected chi connectivity index (χ3v) is 5.16. The summed E-state index contributed by atoms with van der Waals surface area (Å²) in [5.74, 6) is 0.481. The highest BCUT2D eigenvalue weighted by molar-refractivity contribution is 14.0. The molecule has 0 bridgehead atoms. The normalized spacial score (nSPS) is 13.8. The zero-order valence-electron chi connectivity index (χ0n) is 17.4. The Labute approximate surface area is 197 Å². The summed E-state index contributed by atoms with van der Waals surface area (Å²) in [6.45, 7) is 1.74. The maximum atomic E-state index is 12.7. The predicted octanol–water partition coefficient (Wildman–Crippen LogP) is 3.92. The van der Waals surface area contributed by atoms with E-state index in [0.29, 0.717) is 31.2 Å². The van der Waals surface area contributed by atoms with Gasteiger partial charge in [0, 0.05) is 33.7 Å². The van der Waals surface area contributed by atoms with Crippen LogP contribution in [-0.4, -0.2) is 48.9 Å². The minimum atomic E-state index is -4.35. The van der Waals surface area contributed by atoms with Crippen molar-refractivity contribution in [1.29, 1.82) is 0 Å². The van der Waals surface area contributed by atoms with Gasteiger partial charge in [0.15, 0.2) is 5.96 Å². The van der Waals surface area contributed by atoms with E-state index in [0.717, 1.165) is 18.6 Å². The van der Waals surface area contributed by atoms with Gasteiger partial charge in [-0.2, -0.15) is 13.2 Å². The number of nitrogens with zero attached hydrogens (tertiary/aromatic N) is 3. The van der Waals surface area contributed by atoms with Crippen LogP contribution in [0.3, 0.4) is 0 Å². The molecule has 5 nitrogen and oxygen atoms in total. The second-order valence-corrected chi connectivity index (χ2v) is 7.29. The Balaban J connectivity index is 0.00000341. The van der Waals surface area contributed by atoms with Crippen molar-refractivity contribution >= 4 is 35.8 Å². The van der Waals surface area contributed by atoms with Crippen molar-refractivity contribution < 1.29 is 18.0 Å². The van der Waals surface area contributed by atoms with E-state index in [4.69, 9.17) is 0 Å². The molecule has 168 valence electrons. The number of hydrogen-bond acceptors (Lipinski definition) is 2. The van der Waals surface area contributed by atoms with Gasteiger partial charge in [-0.05, 0) is 35.2 Å². The highest BCUT2D eigenvalue weighted by Gasteiger charge is 2.30. The Kier molecular flexibility index (Phi) is 8.72. The Morgan fingerprint density at radius 3 is 2.39 bits per heavy atom. The number of alkyl halides is 3. The number of rotatable bonds is 4. The molecule has 0 saturated heterocycles. The number of benzene rings is 2. The quantitative estimate of drug-likeness (QED) is 0.360. The number of hydrogen-bond donors (Lipinski definition) is 1. The summed E-state index contributed by atoms with van der Waals surface area (Å²) in [7, 11) is 3.38. The van der Waals surface area contributed by atoms with Crippen molar-refractivity contribution in [3.05, 3.63) is 70.8 Å². The van der Waals surface area contributed by atoms with E-state index in [1.807, 2.05) is 23.1 Å². The van der Waals surface area contributed by atoms with E-state index in [2.05, 4.69) is 16.4 Å².